The molecule has 0 saturated heterocycles. The summed E-state index contributed by atoms with van der Waals surface area (Å²) in [4.78, 5) is 4.77. The van der Waals surface area contributed by atoms with E-state index in [0.717, 1.165) is 36.6 Å². The van der Waals surface area contributed by atoms with Crippen LogP contribution in [0, 0.1) is 0 Å². The van der Waals surface area contributed by atoms with Crippen molar-refractivity contribution in [3.8, 4) is 5.75 Å². The Morgan fingerprint density at radius 2 is 2.16 bits per heavy atom. The molecule has 0 aliphatic rings. The molecule has 4 heteroatoms. The quantitative estimate of drug-likeness (QED) is 0.868. The van der Waals surface area contributed by atoms with Crippen molar-refractivity contribution in [2.24, 2.45) is 0 Å². The molecule has 1 aromatic carbocycles. The molecule has 19 heavy (non-hydrogen) atoms. The predicted molar refractivity (Wildman–Crippen MR) is 78.7 cm³/mol. The van der Waals surface area contributed by atoms with Gasteiger partial charge in [0.15, 0.2) is 0 Å². The Morgan fingerprint density at radius 3 is 2.79 bits per heavy atom. The number of nitrogens with zero attached hydrogens (tertiary/aromatic N) is 2. The van der Waals surface area contributed by atoms with Gasteiger partial charge in [0.25, 0.3) is 0 Å². The minimum absolute atomic E-state index is 0.262. The van der Waals surface area contributed by atoms with Gasteiger partial charge in [0.05, 0.1) is 24.2 Å². The molecular weight excluding hydrogens is 238 g/mol. The zero-order valence-electron chi connectivity index (χ0n) is 12.2. The lowest BCUT2D eigenvalue weighted by molar-refractivity contribution is 0.415. The monoisotopic (exact) mass is 261 g/mol. The summed E-state index contributed by atoms with van der Waals surface area (Å²) in [5, 5.41) is 3.50. The molecule has 0 aliphatic heterocycles. The third-order valence-corrected chi connectivity index (χ3v) is 3.39. The Hall–Kier alpha value is -1.55. The van der Waals surface area contributed by atoms with Gasteiger partial charge in [-0.1, -0.05) is 6.92 Å². The van der Waals surface area contributed by atoms with Crippen molar-refractivity contribution in [1.29, 1.82) is 0 Å². The highest BCUT2D eigenvalue weighted by Gasteiger charge is 2.15. The van der Waals surface area contributed by atoms with Gasteiger partial charge in [-0.15, -0.1) is 0 Å². The Labute approximate surface area is 114 Å². The molecule has 0 spiro atoms. The van der Waals surface area contributed by atoms with Gasteiger partial charge < -0.3 is 14.6 Å². The third kappa shape index (κ3) is 2.73. The van der Waals surface area contributed by atoms with Crippen LogP contribution in [0.3, 0.4) is 0 Å². The van der Waals surface area contributed by atoms with Crippen molar-refractivity contribution in [1.82, 2.24) is 14.9 Å². The topological polar surface area (TPSA) is 39.1 Å². The van der Waals surface area contributed by atoms with Gasteiger partial charge in [0.2, 0.25) is 0 Å². The number of hydrogen-bond donors (Lipinski definition) is 1. The Morgan fingerprint density at radius 1 is 1.37 bits per heavy atom. The summed E-state index contributed by atoms with van der Waals surface area (Å²) in [7, 11) is 1.68. The van der Waals surface area contributed by atoms with Gasteiger partial charge in [-0.3, -0.25) is 0 Å². The predicted octanol–water partition coefficient (Wildman–Crippen LogP) is 3.13. The molecule has 4 nitrogen and oxygen atoms in total. The molecule has 2 aromatic rings. The normalized spacial score (nSPS) is 12.8. The summed E-state index contributed by atoms with van der Waals surface area (Å²) in [5.74, 6) is 1.95. The molecule has 1 N–H and O–H groups in total. The molecule has 1 unspecified atom stereocenters. The molecule has 0 bridgehead atoms. The van der Waals surface area contributed by atoms with Crippen LogP contribution in [0.25, 0.3) is 11.0 Å². The fourth-order valence-corrected chi connectivity index (χ4v) is 2.37. The fraction of sp³-hybridized carbons (Fsp3) is 0.533. The first-order valence-corrected chi connectivity index (χ1v) is 6.98. The zero-order chi connectivity index (χ0) is 13.8. The number of fused-ring (bicyclic) bond motifs is 1. The van der Waals surface area contributed by atoms with Crippen molar-refractivity contribution >= 4 is 11.0 Å². The molecule has 1 heterocycles. The maximum absolute atomic E-state index is 5.27. The van der Waals surface area contributed by atoms with Crippen LogP contribution in [0.2, 0.25) is 0 Å². The summed E-state index contributed by atoms with van der Waals surface area (Å²) in [6.45, 7) is 8.43. The van der Waals surface area contributed by atoms with Crippen molar-refractivity contribution in [3.63, 3.8) is 0 Å². The highest BCUT2D eigenvalue weighted by atomic mass is 16.5. The van der Waals surface area contributed by atoms with Crippen LogP contribution in [0.1, 0.15) is 39.1 Å². The molecule has 0 radical (unpaired) electrons. The number of nitrogens with one attached hydrogen (secondary N) is 1. The molecule has 1 atom stereocenters. The molecular formula is C15H23N3O. The molecule has 0 amide bonds. The van der Waals surface area contributed by atoms with E-state index in [9.17, 15) is 0 Å². The summed E-state index contributed by atoms with van der Waals surface area (Å²) in [5.41, 5.74) is 2.17. The van der Waals surface area contributed by atoms with Crippen LogP contribution in [0.4, 0.5) is 0 Å². The molecule has 104 valence electrons. The summed E-state index contributed by atoms with van der Waals surface area (Å²) < 4.78 is 7.53. The molecule has 2 rings (SSSR count). The van der Waals surface area contributed by atoms with Crippen molar-refractivity contribution in [2.75, 3.05) is 13.7 Å². The largest absolute Gasteiger partial charge is 0.497 e. The SMILES string of the molecule is CCCNC(C)c1nc2cc(OC)ccc2n1CC. The van der Waals surface area contributed by atoms with Gasteiger partial charge in [0.1, 0.15) is 11.6 Å². The lowest BCUT2D eigenvalue weighted by Crippen LogP contribution is -2.22. The standard InChI is InChI=1S/C15H23N3O/c1-5-9-16-11(3)15-17-13-10-12(19-4)7-8-14(13)18(15)6-2/h7-8,10-11,16H,5-6,9H2,1-4H3. The van der Waals surface area contributed by atoms with Crippen LogP contribution < -0.4 is 10.1 Å². The number of benzene rings is 1. The van der Waals surface area contributed by atoms with Crippen molar-refractivity contribution < 1.29 is 4.74 Å². The minimum Gasteiger partial charge on any atom is -0.497 e. The summed E-state index contributed by atoms with van der Waals surface area (Å²) >= 11 is 0. The summed E-state index contributed by atoms with van der Waals surface area (Å²) in [6, 6.07) is 6.33. The van der Waals surface area contributed by atoms with Crippen molar-refractivity contribution in [3.05, 3.63) is 24.0 Å². The van der Waals surface area contributed by atoms with Crippen molar-refractivity contribution in [2.45, 2.75) is 39.8 Å². The van der Waals surface area contributed by atoms with Gasteiger partial charge >= 0.3 is 0 Å². The highest BCUT2D eigenvalue weighted by molar-refractivity contribution is 5.78. The van der Waals surface area contributed by atoms with Gasteiger partial charge in [-0.2, -0.15) is 0 Å². The number of methoxy groups -OCH3 is 1. The van der Waals surface area contributed by atoms with Crippen LogP contribution in [0.5, 0.6) is 5.75 Å². The second-order valence-electron chi connectivity index (χ2n) is 4.74. The Kier molecular flexibility index (Phi) is 4.43. The number of imidazole rings is 1. The average molecular weight is 261 g/mol. The highest BCUT2D eigenvalue weighted by Crippen LogP contribution is 2.24. The Bertz CT molecular complexity index is 548. The number of aromatic nitrogens is 2. The van der Waals surface area contributed by atoms with E-state index in [2.05, 4.69) is 36.7 Å². The van der Waals surface area contributed by atoms with E-state index in [1.54, 1.807) is 7.11 Å². The number of ether oxygens (including phenoxy) is 1. The maximum atomic E-state index is 5.27. The van der Waals surface area contributed by atoms with E-state index in [1.807, 2.05) is 12.1 Å². The second kappa shape index (κ2) is 6.06. The zero-order valence-corrected chi connectivity index (χ0v) is 12.2. The lowest BCUT2D eigenvalue weighted by Gasteiger charge is -2.14. The van der Waals surface area contributed by atoms with E-state index in [-0.39, 0.29) is 6.04 Å². The Balaban J connectivity index is 2.42. The van der Waals surface area contributed by atoms with Gasteiger partial charge in [-0.05, 0) is 38.9 Å². The van der Waals surface area contributed by atoms with E-state index >= 15 is 0 Å². The van der Waals surface area contributed by atoms with E-state index in [1.165, 1.54) is 5.52 Å². The first kappa shape index (κ1) is 13.9. The third-order valence-electron chi connectivity index (χ3n) is 3.39. The van der Waals surface area contributed by atoms with E-state index in [0.29, 0.717) is 0 Å². The van der Waals surface area contributed by atoms with E-state index in [4.69, 9.17) is 9.72 Å². The summed E-state index contributed by atoms with van der Waals surface area (Å²) in [6.07, 6.45) is 1.13. The van der Waals surface area contributed by atoms with Gasteiger partial charge in [-0.25, -0.2) is 4.98 Å². The smallest absolute Gasteiger partial charge is 0.126 e. The van der Waals surface area contributed by atoms with Crippen LogP contribution in [0.15, 0.2) is 18.2 Å². The minimum atomic E-state index is 0.262. The number of rotatable bonds is 6. The fourth-order valence-electron chi connectivity index (χ4n) is 2.37. The van der Waals surface area contributed by atoms with Crippen LogP contribution in [-0.2, 0) is 6.54 Å². The molecule has 0 fully saturated rings. The average Bonchev–Trinajstić information content (AvgIpc) is 2.81. The molecule has 0 saturated carbocycles. The number of aryl methyl sites for hydroxylation is 1. The maximum Gasteiger partial charge on any atom is 0.126 e. The lowest BCUT2D eigenvalue weighted by atomic mass is 10.3. The molecule has 1 aromatic heterocycles. The van der Waals surface area contributed by atoms with Crippen LogP contribution >= 0.6 is 0 Å². The molecule has 0 aliphatic carbocycles. The van der Waals surface area contributed by atoms with E-state index < -0.39 is 0 Å². The second-order valence-corrected chi connectivity index (χ2v) is 4.74. The first-order valence-electron chi connectivity index (χ1n) is 6.98. The van der Waals surface area contributed by atoms with Gasteiger partial charge in [0, 0.05) is 12.6 Å². The number of hydrogen-bond acceptors (Lipinski definition) is 3. The first-order chi connectivity index (χ1) is 9.21. The van der Waals surface area contributed by atoms with Crippen LogP contribution in [-0.4, -0.2) is 23.2 Å².